The van der Waals surface area contributed by atoms with Gasteiger partial charge in [-0.2, -0.15) is 0 Å². The van der Waals surface area contributed by atoms with E-state index in [-0.39, 0.29) is 5.75 Å². The Labute approximate surface area is 104 Å². The molecule has 1 unspecified atom stereocenters. The van der Waals surface area contributed by atoms with Crippen molar-refractivity contribution in [2.45, 2.75) is 25.9 Å². The lowest BCUT2D eigenvalue weighted by Crippen LogP contribution is -2.24. The Morgan fingerprint density at radius 2 is 1.94 bits per heavy atom. The zero-order valence-corrected chi connectivity index (χ0v) is 10.7. The number of aliphatic hydroxyl groups is 1. The molecule has 2 N–H and O–H groups in total. The molecule has 0 aliphatic heterocycles. The van der Waals surface area contributed by atoms with Crippen molar-refractivity contribution in [3.05, 3.63) is 45.9 Å². The largest absolute Gasteiger partial charge is 0.508 e. The van der Waals surface area contributed by atoms with Crippen LogP contribution in [0.25, 0.3) is 0 Å². The monoisotopic (exact) mass is 249 g/mol. The topological polar surface area (TPSA) is 53.4 Å². The molecule has 0 aliphatic rings. The maximum atomic E-state index is 10.4. The molecule has 1 atom stereocenters. The van der Waals surface area contributed by atoms with E-state index in [0.717, 1.165) is 16.3 Å². The molecule has 0 fully saturated rings. The maximum absolute atomic E-state index is 10.4. The molecule has 17 heavy (non-hydrogen) atoms. The summed E-state index contributed by atoms with van der Waals surface area (Å²) in [4.78, 5) is 4.35. The van der Waals surface area contributed by atoms with Crippen LogP contribution in [-0.2, 0) is 12.0 Å². The van der Waals surface area contributed by atoms with Crippen molar-refractivity contribution >= 4 is 11.3 Å². The Morgan fingerprint density at radius 3 is 2.47 bits per heavy atom. The molecular weight excluding hydrogens is 234 g/mol. The molecule has 1 aromatic carbocycles. The number of nitrogens with zero attached hydrogens (tertiary/aromatic N) is 1. The van der Waals surface area contributed by atoms with E-state index in [0.29, 0.717) is 6.42 Å². The molecule has 0 saturated heterocycles. The summed E-state index contributed by atoms with van der Waals surface area (Å²) in [6, 6.07) is 6.62. The number of aromatic nitrogens is 1. The average Bonchev–Trinajstić information content (AvgIpc) is 2.63. The molecule has 3 nitrogen and oxygen atoms in total. The predicted octanol–water partition coefficient (Wildman–Crippen LogP) is 2.61. The third kappa shape index (κ3) is 2.84. The first-order valence-electron chi connectivity index (χ1n) is 5.40. The molecular formula is C13H15NO2S. The SMILES string of the molecule is Cc1nc(CC(C)(O)c2ccc(O)cc2)cs1. The Hall–Kier alpha value is -1.39. The second-order valence-electron chi connectivity index (χ2n) is 4.36. The fraction of sp³-hybridized carbons (Fsp3) is 0.308. The van der Waals surface area contributed by atoms with Gasteiger partial charge in [-0.25, -0.2) is 4.98 Å². The van der Waals surface area contributed by atoms with Crippen LogP contribution in [0.15, 0.2) is 29.6 Å². The molecule has 1 aromatic heterocycles. The summed E-state index contributed by atoms with van der Waals surface area (Å²) in [5.74, 6) is 0.203. The molecule has 0 saturated carbocycles. The standard InChI is InChI=1S/C13H15NO2S/c1-9-14-11(8-17-9)7-13(2,16)10-3-5-12(15)6-4-10/h3-6,8,15-16H,7H2,1-2H3. The number of phenols is 1. The molecule has 1 heterocycles. The lowest BCUT2D eigenvalue weighted by molar-refractivity contribution is 0.0567. The summed E-state index contributed by atoms with van der Waals surface area (Å²) < 4.78 is 0. The van der Waals surface area contributed by atoms with Crippen molar-refractivity contribution in [1.29, 1.82) is 0 Å². The Morgan fingerprint density at radius 1 is 1.29 bits per heavy atom. The number of phenolic OH excluding ortho intramolecular Hbond substituents is 1. The summed E-state index contributed by atoms with van der Waals surface area (Å²) in [6.07, 6.45) is 0.474. The summed E-state index contributed by atoms with van der Waals surface area (Å²) in [5.41, 5.74) is 0.709. The van der Waals surface area contributed by atoms with E-state index in [2.05, 4.69) is 4.98 Å². The van der Waals surface area contributed by atoms with Crippen molar-refractivity contribution in [3.63, 3.8) is 0 Å². The highest BCUT2D eigenvalue weighted by Crippen LogP contribution is 2.27. The van der Waals surface area contributed by atoms with Crippen LogP contribution in [0.3, 0.4) is 0 Å². The van der Waals surface area contributed by atoms with Gasteiger partial charge in [0.25, 0.3) is 0 Å². The van der Waals surface area contributed by atoms with Gasteiger partial charge in [0.05, 0.1) is 16.3 Å². The van der Waals surface area contributed by atoms with Crippen LogP contribution >= 0.6 is 11.3 Å². The minimum absolute atomic E-state index is 0.203. The molecule has 0 aliphatic carbocycles. The summed E-state index contributed by atoms with van der Waals surface area (Å²) in [7, 11) is 0. The van der Waals surface area contributed by atoms with Gasteiger partial charge in [0, 0.05) is 11.8 Å². The first-order valence-corrected chi connectivity index (χ1v) is 6.28. The van der Waals surface area contributed by atoms with Crippen LogP contribution in [0, 0.1) is 6.92 Å². The average molecular weight is 249 g/mol. The van der Waals surface area contributed by atoms with E-state index in [4.69, 9.17) is 0 Å². The lowest BCUT2D eigenvalue weighted by atomic mass is 9.91. The quantitative estimate of drug-likeness (QED) is 0.879. The molecule has 0 spiro atoms. The smallest absolute Gasteiger partial charge is 0.115 e. The Bertz CT molecular complexity index is 502. The van der Waals surface area contributed by atoms with Crippen molar-refractivity contribution in [1.82, 2.24) is 4.98 Å². The number of rotatable bonds is 3. The molecule has 2 rings (SSSR count). The van der Waals surface area contributed by atoms with Gasteiger partial charge in [-0.3, -0.25) is 0 Å². The van der Waals surface area contributed by atoms with E-state index >= 15 is 0 Å². The zero-order valence-electron chi connectivity index (χ0n) is 9.84. The van der Waals surface area contributed by atoms with Gasteiger partial charge >= 0.3 is 0 Å². The van der Waals surface area contributed by atoms with Gasteiger partial charge in [-0.1, -0.05) is 12.1 Å². The number of benzene rings is 1. The Balaban J connectivity index is 2.21. The number of aryl methyl sites for hydroxylation is 1. The van der Waals surface area contributed by atoms with Gasteiger partial charge in [-0.15, -0.1) is 11.3 Å². The number of thiazole rings is 1. The van der Waals surface area contributed by atoms with Crippen LogP contribution in [0.2, 0.25) is 0 Å². The Kier molecular flexibility index (Phi) is 3.17. The van der Waals surface area contributed by atoms with Crippen LogP contribution in [-0.4, -0.2) is 15.2 Å². The minimum atomic E-state index is -0.964. The molecule has 90 valence electrons. The summed E-state index contributed by atoms with van der Waals surface area (Å²) in [6.45, 7) is 3.71. The number of hydrogen-bond donors (Lipinski definition) is 2. The van der Waals surface area contributed by atoms with Gasteiger partial charge in [0.15, 0.2) is 0 Å². The third-order valence-corrected chi connectivity index (χ3v) is 3.50. The van der Waals surface area contributed by atoms with Gasteiger partial charge in [-0.05, 0) is 31.5 Å². The van der Waals surface area contributed by atoms with Gasteiger partial charge < -0.3 is 10.2 Å². The van der Waals surface area contributed by atoms with Crippen LogP contribution in [0.4, 0.5) is 0 Å². The molecule has 0 amide bonds. The van der Waals surface area contributed by atoms with Crippen LogP contribution in [0.1, 0.15) is 23.2 Å². The van der Waals surface area contributed by atoms with E-state index in [1.165, 1.54) is 0 Å². The molecule has 2 aromatic rings. The van der Waals surface area contributed by atoms with Crippen molar-refractivity contribution in [2.24, 2.45) is 0 Å². The second kappa shape index (κ2) is 4.47. The first-order chi connectivity index (χ1) is 7.97. The van der Waals surface area contributed by atoms with E-state index in [1.807, 2.05) is 12.3 Å². The van der Waals surface area contributed by atoms with Crippen LogP contribution in [0.5, 0.6) is 5.75 Å². The normalized spacial score (nSPS) is 14.5. The van der Waals surface area contributed by atoms with E-state index < -0.39 is 5.60 Å². The van der Waals surface area contributed by atoms with E-state index in [1.54, 1.807) is 42.5 Å². The lowest BCUT2D eigenvalue weighted by Gasteiger charge is -2.22. The fourth-order valence-corrected chi connectivity index (χ4v) is 2.38. The number of hydrogen-bond acceptors (Lipinski definition) is 4. The first kappa shape index (κ1) is 12.1. The second-order valence-corrected chi connectivity index (χ2v) is 5.42. The molecule has 0 radical (unpaired) electrons. The summed E-state index contributed by atoms with van der Waals surface area (Å²) >= 11 is 1.58. The van der Waals surface area contributed by atoms with Gasteiger partial charge in [0.1, 0.15) is 5.75 Å². The van der Waals surface area contributed by atoms with Crippen LogP contribution < -0.4 is 0 Å². The van der Waals surface area contributed by atoms with Gasteiger partial charge in [0.2, 0.25) is 0 Å². The molecule has 4 heteroatoms. The zero-order chi connectivity index (χ0) is 12.5. The third-order valence-electron chi connectivity index (χ3n) is 2.68. The highest BCUT2D eigenvalue weighted by atomic mass is 32.1. The van der Waals surface area contributed by atoms with Crippen molar-refractivity contribution < 1.29 is 10.2 Å². The van der Waals surface area contributed by atoms with E-state index in [9.17, 15) is 10.2 Å². The highest BCUT2D eigenvalue weighted by molar-refractivity contribution is 7.09. The predicted molar refractivity (Wildman–Crippen MR) is 68.2 cm³/mol. The van der Waals surface area contributed by atoms with Crippen molar-refractivity contribution in [3.8, 4) is 5.75 Å². The number of aromatic hydroxyl groups is 1. The minimum Gasteiger partial charge on any atom is -0.508 e. The highest BCUT2D eigenvalue weighted by Gasteiger charge is 2.24. The maximum Gasteiger partial charge on any atom is 0.115 e. The fourth-order valence-electron chi connectivity index (χ4n) is 1.76. The molecule has 0 bridgehead atoms. The van der Waals surface area contributed by atoms with Crippen molar-refractivity contribution in [2.75, 3.05) is 0 Å². The summed E-state index contributed by atoms with van der Waals surface area (Å²) in [5, 5.41) is 22.6.